The Bertz CT molecular complexity index is 379. The fourth-order valence-corrected chi connectivity index (χ4v) is 1.73. The lowest BCUT2D eigenvalue weighted by atomic mass is 9.95. The first-order chi connectivity index (χ1) is 8.07. The lowest BCUT2D eigenvalue weighted by Crippen LogP contribution is -2.24. The highest BCUT2D eigenvalue weighted by Gasteiger charge is 2.21. The van der Waals surface area contributed by atoms with E-state index in [-0.39, 0.29) is 5.78 Å². The number of ketones is 1. The van der Waals surface area contributed by atoms with Gasteiger partial charge in [0.25, 0.3) is 0 Å². The maximum absolute atomic E-state index is 11.4. The molecule has 0 aromatic heterocycles. The lowest BCUT2D eigenvalue weighted by molar-refractivity contribution is 0.0136. The second kappa shape index (κ2) is 6.49. The van der Waals surface area contributed by atoms with Crippen LogP contribution < -0.4 is 5.32 Å². The summed E-state index contributed by atoms with van der Waals surface area (Å²) in [7, 11) is 1.78. The molecular weight excluding hydrogens is 218 g/mol. The van der Waals surface area contributed by atoms with Gasteiger partial charge in [-0.05, 0) is 32.5 Å². The van der Waals surface area contributed by atoms with Gasteiger partial charge in [-0.15, -0.1) is 0 Å². The summed E-state index contributed by atoms with van der Waals surface area (Å²) in [6.07, 6.45) is -1.46. The second-order valence-corrected chi connectivity index (χ2v) is 4.05. The van der Waals surface area contributed by atoms with Gasteiger partial charge in [-0.1, -0.05) is 24.3 Å². The summed E-state index contributed by atoms with van der Waals surface area (Å²) < 4.78 is 0. The standard InChI is InChI=1S/C13H19NO3/c1-9(15)10-5-3-4-6-11(10)13(17)12(16)7-8-14-2/h3-6,12-14,16-17H,7-8H2,1-2H3. The summed E-state index contributed by atoms with van der Waals surface area (Å²) >= 11 is 0. The van der Waals surface area contributed by atoms with Crippen molar-refractivity contribution in [2.24, 2.45) is 0 Å². The first-order valence-corrected chi connectivity index (χ1v) is 5.68. The Hall–Kier alpha value is -1.23. The highest BCUT2D eigenvalue weighted by Crippen LogP contribution is 2.22. The Morgan fingerprint density at radius 3 is 2.59 bits per heavy atom. The molecule has 0 fully saturated rings. The smallest absolute Gasteiger partial charge is 0.160 e. The highest BCUT2D eigenvalue weighted by atomic mass is 16.3. The van der Waals surface area contributed by atoms with E-state index in [2.05, 4.69) is 5.32 Å². The van der Waals surface area contributed by atoms with Gasteiger partial charge in [0.1, 0.15) is 6.10 Å². The predicted octanol–water partition coefficient (Wildman–Crippen LogP) is 0.893. The van der Waals surface area contributed by atoms with Crippen LogP contribution in [0, 0.1) is 0 Å². The van der Waals surface area contributed by atoms with Gasteiger partial charge in [0, 0.05) is 5.56 Å². The minimum absolute atomic E-state index is 0.111. The SMILES string of the molecule is CNCCC(O)C(O)c1ccccc1C(C)=O. The molecule has 0 spiro atoms. The number of Topliss-reactive ketones (excluding diaryl/α,β-unsaturated/α-hetero) is 1. The maximum Gasteiger partial charge on any atom is 0.160 e. The minimum atomic E-state index is -1.02. The summed E-state index contributed by atoms with van der Waals surface area (Å²) in [6, 6.07) is 6.82. The maximum atomic E-state index is 11.4. The van der Waals surface area contributed by atoms with Crippen molar-refractivity contribution in [2.75, 3.05) is 13.6 Å². The van der Waals surface area contributed by atoms with E-state index < -0.39 is 12.2 Å². The highest BCUT2D eigenvalue weighted by molar-refractivity contribution is 5.95. The van der Waals surface area contributed by atoms with Crippen LogP contribution >= 0.6 is 0 Å². The van der Waals surface area contributed by atoms with Crippen molar-refractivity contribution < 1.29 is 15.0 Å². The number of carbonyl (C=O) groups is 1. The first-order valence-electron chi connectivity index (χ1n) is 5.68. The average molecular weight is 237 g/mol. The van der Waals surface area contributed by atoms with Crippen LogP contribution in [0.4, 0.5) is 0 Å². The van der Waals surface area contributed by atoms with Crippen molar-refractivity contribution in [3.8, 4) is 0 Å². The molecule has 2 unspecified atom stereocenters. The van der Waals surface area contributed by atoms with Gasteiger partial charge in [0.15, 0.2) is 5.78 Å². The number of rotatable bonds is 6. The van der Waals surface area contributed by atoms with E-state index >= 15 is 0 Å². The van der Waals surface area contributed by atoms with Gasteiger partial charge in [-0.3, -0.25) is 4.79 Å². The molecule has 0 saturated heterocycles. The Morgan fingerprint density at radius 1 is 1.35 bits per heavy atom. The molecule has 4 heteroatoms. The van der Waals surface area contributed by atoms with Crippen LogP contribution in [0.1, 0.15) is 35.4 Å². The number of carbonyl (C=O) groups excluding carboxylic acids is 1. The first kappa shape index (κ1) is 13.8. The van der Waals surface area contributed by atoms with E-state index in [9.17, 15) is 15.0 Å². The van der Waals surface area contributed by atoms with E-state index in [1.807, 2.05) is 0 Å². The summed E-state index contributed by atoms with van der Waals surface area (Å²) in [5.74, 6) is -0.111. The normalized spacial score (nSPS) is 14.4. The number of aliphatic hydroxyl groups excluding tert-OH is 2. The van der Waals surface area contributed by atoms with Crippen LogP contribution in [0.5, 0.6) is 0 Å². The van der Waals surface area contributed by atoms with Crippen LogP contribution in [0.15, 0.2) is 24.3 Å². The van der Waals surface area contributed by atoms with Crippen molar-refractivity contribution in [2.45, 2.75) is 25.6 Å². The topological polar surface area (TPSA) is 69.6 Å². The lowest BCUT2D eigenvalue weighted by Gasteiger charge is -2.20. The van der Waals surface area contributed by atoms with Crippen molar-refractivity contribution >= 4 is 5.78 Å². The molecule has 0 heterocycles. The molecular formula is C13H19NO3. The Kier molecular flexibility index (Phi) is 5.28. The number of benzene rings is 1. The molecule has 1 aromatic rings. The third kappa shape index (κ3) is 3.63. The molecule has 3 N–H and O–H groups in total. The Morgan fingerprint density at radius 2 is 2.00 bits per heavy atom. The molecule has 0 aliphatic heterocycles. The van der Waals surface area contributed by atoms with Crippen molar-refractivity contribution in [1.82, 2.24) is 5.32 Å². The quantitative estimate of drug-likeness (QED) is 0.643. The van der Waals surface area contributed by atoms with E-state index in [4.69, 9.17) is 0 Å². The number of hydrogen-bond acceptors (Lipinski definition) is 4. The van der Waals surface area contributed by atoms with Gasteiger partial charge < -0.3 is 15.5 Å². The molecule has 1 rings (SSSR count). The van der Waals surface area contributed by atoms with E-state index in [0.717, 1.165) is 0 Å². The zero-order valence-corrected chi connectivity index (χ0v) is 10.2. The van der Waals surface area contributed by atoms with Crippen molar-refractivity contribution in [1.29, 1.82) is 0 Å². The summed E-state index contributed by atoms with van der Waals surface area (Å²) in [5, 5.41) is 22.7. The van der Waals surface area contributed by atoms with Crippen LogP contribution in [0.25, 0.3) is 0 Å². The minimum Gasteiger partial charge on any atom is -0.390 e. The van der Waals surface area contributed by atoms with Crippen molar-refractivity contribution in [3.05, 3.63) is 35.4 Å². The molecule has 17 heavy (non-hydrogen) atoms. The van der Waals surface area contributed by atoms with Crippen LogP contribution in [0.2, 0.25) is 0 Å². The predicted molar refractivity (Wildman–Crippen MR) is 66.0 cm³/mol. The number of hydrogen-bond donors (Lipinski definition) is 3. The molecule has 0 aliphatic rings. The third-order valence-corrected chi connectivity index (χ3v) is 2.71. The van der Waals surface area contributed by atoms with Crippen LogP contribution in [-0.4, -0.2) is 35.7 Å². The molecule has 94 valence electrons. The monoisotopic (exact) mass is 237 g/mol. The average Bonchev–Trinajstić information content (AvgIpc) is 2.34. The van der Waals surface area contributed by atoms with Gasteiger partial charge >= 0.3 is 0 Å². The fraction of sp³-hybridized carbons (Fsp3) is 0.462. The number of nitrogens with one attached hydrogen (secondary N) is 1. The largest absolute Gasteiger partial charge is 0.390 e. The molecule has 2 atom stereocenters. The molecule has 4 nitrogen and oxygen atoms in total. The van der Waals surface area contributed by atoms with Gasteiger partial charge in [0.2, 0.25) is 0 Å². The van der Waals surface area contributed by atoms with E-state index in [1.165, 1.54) is 6.92 Å². The summed E-state index contributed by atoms with van der Waals surface area (Å²) in [4.78, 5) is 11.4. The molecule has 0 bridgehead atoms. The summed E-state index contributed by atoms with van der Waals surface area (Å²) in [6.45, 7) is 2.06. The fourth-order valence-electron chi connectivity index (χ4n) is 1.73. The Balaban J connectivity index is 2.87. The molecule has 0 radical (unpaired) electrons. The third-order valence-electron chi connectivity index (χ3n) is 2.71. The molecule has 0 saturated carbocycles. The van der Waals surface area contributed by atoms with Gasteiger partial charge in [0.05, 0.1) is 6.10 Å². The van der Waals surface area contributed by atoms with Gasteiger partial charge in [-0.2, -0.15) is 0 Å². The zero-order chi connectivity index (χ0) is 12.8. The van der Waals surface area contributed by atoms with Crippen LogP contribution in [-0.2, 0) is 0 Å². The zero-order valence-electron chi connectivity index (χ0n) is 10.2. The van der Waals surface area contributed by atoms with E-state index in [0.29, 0.717) is 24.1 Å². The Labute approximate surface area is 101 Å². The second-order valence-electron chi connectivity index (χ2n) is 4.05. The molecule has 0 amide bonds. The van der Waals surface area contributed by atoms with Gasteiger partial charge in [-0.25, -0.2) is 0 Å². The molecule has 1 aromatic carbocycles. The molecule has 0 aliphatic carbocycles. The van der Waals surface area contributed by atoms with E-state index in [1.54, 1.807) is 31.3 Å². The number of aliphatic hydroxyl groups is 2. The van der Waals surface area contributed by atoms with Crippen LogP contribution in [0.3, 0.4) is 0 Å². The summed E-state index contributed by atoms with van der Waals surface area (Å²) in [5.41, 5.74) is 0.951. The van der Waals surface area contributed by atoms with Crippen molar-refractivity contribution in [3.63, 3.8) is 0 Å².